The van der Waals surface area contributed by atoms with Gasteiger partial charge in [-0.3, -0.25) is 9.78 Å². The number of ether oxygens (including phenoxy) is 1. The molecule has 0 radical (unpaired) electrons. The fourth-order valence-electron chi connectivity index (χ4n) is 3.41. The zero-order valence-corrected chi connectivity index (χ0v) is 16.4. The molecule has 1 aliphatic heterocycles. The molecule has 6 heteroatoms. The first kappa shape index (κ1) is 19.3. The second-order valence-electron chi connectivity index (χ2n) is 7.18. The lowest BCUT2D eigenvalue weighted by atomic mass is 10.0. The SMILES string of the molecule is COc1cccc(C2CC(C(=O)N(C)C(C)Cc3ncccc3C)NN2)c1. The number of nitrogens with one attached hydrogen (secondary N) is 2. The van der Waals surface area contributed by atoms with E-state index < -0.39 is 0 Å². The second kappa shape index (κ2) is 8.50. The number of hydrogen-bond donors (Lipinski definition) is 2. The van der Waals surface area contributed by atoms with Crippen molar-refractivity contribution >= 4 is 5.91 Å². The molecule has 2 aromatic rings. The highest BCUT2D eigenvalue weighted by atomic mass is 16.5. The van der Waals surface area contributed by atoms with Crippen molar-refractivity contribution in [1.82, 2.24) is 20.7 Å². The number of methoxy groups -OCH3 is 1. The number of pyridine rings is 1. The maximum atomic E-state index is 12.9. The predicted octanol–water partition coefficient (Wildman–Crippen LogP) is 2.40. The molecule has 0 bridgehead atoms. The minimum absolute atomic E-state index is 0.0729. The van der Waals surface area contributed by atoms with Gasteiger partial charge in [0.1, 0.15) is 11.8 Å². The Hall–Kier alpha value is -2.44. The number of hydrazine groups is 1. The van der Waals surface area contributed by atoms with Gasteiger partial charge in [-0.2, -0.15) is 0 Å². The van der Waals surface area contributed by atoms with Crippen molar-refractivity contribution in [2.24, 2.45) is 0 Å². The molecule has 6 nitrogen and oxygen atoms in total. The summed E-state index contributed by atoms with van der Waals surface area (Å²) >= 11 is 0. The van der Waals surface area contributed by atoms with Crippen molar-refractivity contribution < 1.29 is 9.53 Å². The van der Waals surface area contributed by atoms with Gasteiger partial charge in [0, 0.05) is 37.4 Å². The number of hydrogen-bond acceptors (Lipinski definition) is 5. The van der Waals surface area contributed by atoms with Crippen LogP contribution >= 0.6 is 0 Å². The van der Waals surface area contributed by atoms with Gasteiger partial charge >= 0.3 is 0 Å². The third-order valence-corrected chi connectivity index (χ3v) is 5.31. The smallest absolute Gasteiger partial charge is 0.241 e. The molecule has 2 N–H and O–H groups in total. The summed E-state index contributed by atoms with van der Waals surface area (Å²) in [7, 11) is 3.53. The van der Waals surface area contributed by atoms with Crippen LogP contribution in [0.25, 0.3) is 0 Å². The van der Waals surface area contributed by atoms with E-state index in [9.17, 15) is 4.79 Å². The Bertz CT molecular complexity index is 795. The molecule has 0 aliphatic carbocycles. The molecule has 1 amide bonds. The molecule has 1 saturated heterocycles. The van der Waals surface area contributed by atoms with Crippen LogP contribution in [0.15, 0.2) is 42.6 Å². The summed E-state index contributed by atoms with van der Waals surface area (Å²) in [5.74, 6) is 0.912. The van der Waals surface area contributed by atoms with Crippen LogP contribution in [-0.4, -0.2) is 42.0 Å². The van der Waals surface area contributed by atoms with Crippen LogP contribution in [0.2, 0.25) is 0 Å². The van der Waals surface area contributed by atoms with Crippen LogP contribution in [0.4, 0.5) is 0 Å². The summed E-state index contributed by atoms with van der Waals surface area (Å²) in [4.78, 5) is 19.2. The van der Waals surface area contributed by atoms with Crippen LogP contribution in [0.3, 0.4) is 0 Å². The Balaban J connectivity index is 1.61. The van der Waals surface area contributed by atoms with Gasteiger partial charge in [0.15, 0.2) is 0 Å². The molecule has 0 spiro atoms. The Morgan fingerprint density at radius 3 is 2.89 bits per heavy atom. The molecule has 3 rings (SSSR count). The maximum Gasteiger partial charge on any atom is 0.241 e. The van der Waals surface area contributed by atoms with E-state index in [0.29, 0.717) is 6.42 Å². The molecule has 2 heterocycles. The fourth-order valence-corrected chi connectivity index (χ4v) is 3.41. The summed E-state index contributed by atoms with van der Waals surface area (Å²) in [5.41, 5.74) is 9.70. The fraction of sp³-hybridized carbons (Fsp3) is 0.429. The maximum absolute atomic E-state index is 12.9. The number of likely N-dealkylation sites (N-methyl/N-ethyl adjacent to an activating group) is 1. The molecular weight excluding hydrogens is 340 g/mol. The zero-order valence-electron chi connectivity index (χ0n) is 16.4. The molecule has 1 aliphatic rings. The van der Waals surface area contributed by atoms with Crippen molar-refractivity contribution in [2.75, 3.05) is 14.2 Å². The van der Waals surface area contributed by atoms with E-state index in [1.165, 1.54) is 0 Å². The van der Waals surface area contributed by atoms with Crippen LogP contribution < -0.4 is 15.6 Å². The average molecular weight is 368 g/mol. The number of amides is 1. The Morgan fingerprint density at radius 1 is 1.33 bits per heavy atom. The molecule has 3 unspecified atom stereocenters. The Labute approximate surface area is 160 Å². The van der Waals surface area contributed by atoms with Crippen LogP contribution in [-0.2, 0) is 11.2 Å². The van der Waals surface area contributed by atoms with Crippen molar-refractivity contribution in [3.05, 3.63) is 59.4 Å². The Morgan fingerprint density at radius 2 is 2.15 bits per heavy atom. The molecule has 1 fully saturated rings. The molecule has 1 aromatic heterocycles. The van der Waals surface area contributed by atoms with Gasteiger partial charge in [-0.1, -0.05) is 18.2 Å². The van der Waals surface area contributed by atoms with E-state index in [1.807, 2.05) is 42.3 Å². The summed E-state index contributed by atoms with van der Waals surface area (Å²) in [6, 6.07) is 11.8. The van der Waals surface area contributed by atoms with E-state index >= 15 is 0 Å². The van der Waals surface area contributed by atoms with E-state index in [-0.39, 0.29) is 24.0 Å². The first-order valence-electron chi connectivity index (χ1n) is 9.31. The zero-order chi connectivity index (χ0) is 19.4. The van der Waals surface area contributed by atoms with Gasteiger partial charge in [0.2, 0.25) is 5.91 Å². The highest BCUT2D eigenvalue weighted by Gasteiger charge is 2.33. The summed E-state index contributed by atoms with van der Waals surface area (Å²) in [6.07, 6.45) is 3.25. The van der Waals surface area contributed by atoms with Crippen molar-refractivity contribution in [1.29, 1.82) is 0 Å². The number of aromatic nitrogens is 1. The van der Waals surface area contributed by atoms with E-state index in [0.717, 1.165) is 29.0 Å². The third-order valence-electron chi connectivity index (χ3n) is 5.31. The van der Waals surface area contributed by atoms with Gasteiger partial charge in [0.25, 0.3) is 0 Å². The lowest BCUT2D eigenvalue weighted by Gasteiger charge is -2.27. The summed E-state index contributed by atoms with van der Waals surface area (Å²) in [6.45, 7) is 4.12. The van der Waals surface area contributed by atoms with Gasteiger partial charge in [-0.25, -0.2) is 10.9 Å². The highest BCUT2D eigenvalue weighted by Crippen LogP contribution is 2.26. The average Bonchev–Trinajstić information content (AvgIpc) is 3.19. The van der Waals surface area contributed by atoms with Crippen LogP contribution in [0, 0.1) is 6.92 Å². The molecule has 27 heavy (non-hydrogen) atoms. The van der Waals surface area contributed by atoms with Crippen LogP contribution in [0.1, 0.15) is 36.2 Å². The van der Waals surface area contributed by atoms with Crippen molar-refractivity contribution in [2.45, 2.75) is 44.8 Å². The third kappa shape index (κ3) is 4.46. The second-order valence-corrected chi connectivity index (χ2v) is 7.18. The number of nitrogens with zero attached hydrogens (tertiary/aromatic N) is 2. The lowest BCUT2D eigenvalue weighted by molar-refractivity contribution is -0.133. The van der Waals surface area contributed by atoms with Crippen molar-refractivity contribution in [3.63, 3.8) is 0 Å². The van der Waals surface area contributed by atoms with Gasteiger partial charge in [0.05, 0.1) is 7.11 Å². The predicted molar refractivity (Wildman–Crippen MR) is 105 cm³/mol. The van der Waals surface area contributed by atoms with Gasteiger partial charge in [-0.15, -0.1) is 0 Å². The largest absolute Gasteiger partial charge is 0.497 e. The number of carbonyl (C=O) groups excluding carboxylic acids is 1. The normalized spacial score (nSPS) is 20.3. The number of benzene rings is 1. The molecular formula is C21H28N4O2. The quantitative estimate of drug-likeness (QED) is 0.820. The standard InChI is InChI=1S/C21H28N4O2/c1-14-7-6-10-22-18(14)11-15(2)25(3)21(26)20-13-19(23-24-20)16-8-5-9-17(12-16)27-4/h5-10,12,15,19-20,23-24H,11,13H2,1-4H3. The molecule has 144 valence electrons. The first-order chi connectivity index (χ1) is 13.0. The van der Waals surface area contributed by atoms with Crippen LogP contribution in [0.5, 0.6) is 5.75 Å². The van der Waals surface area contributed by atoms with Crippen molar-refractivity contribution in [3.8, 4) is 5.75 Å². The summed E-state index contributed by atoms with van der Waals surface area (Å²) < 4.78 is 5.30. The minimum Gasteiger partial charge on any atom is -0.497 e. The number of rotatable bonds is 6. The minimum atomic E-state index is -0.251. The first-order valence-corrected chi connectivity index (χ1v) is 9.31. The molecule has 0 saturated carbocycles. The lowest BCUT2D eigenvalue weighted by Crippen LogP contribution is -2.47. The highest BCUT2D eigenvalue weighted by molar-refractivity contribution is 5.82. The van der Waals surface area contributed by atoms with E-state index in [2.05, 4.69) is 35.7 Å². The van der Waals surface area contributed by atoms with Gasteiger partial charge in [-0.05, 0) is 49.6 Å². The number of carbonyl (C=O) groups is 1. The molecule has 3 atom stereocenters. The topological polar surface area (TPSA) is 66.5 Å². The van der Waals surface area contributed by atoms with E-state index in [4.69, 9.17) is 4.74 Å². The van der Waals surface area contributed by atoms with Gasteiger partial charge < -0.3 is 9.64 Å². The summed E-state index contributed by atoms with van der Waals surface area (Å²) in [5, 5.41) is 0. The Kier molecular flexibility index (Phi) is 6.08. The number of aryl methyl sites for hydroxylation is 1. The monoisotopic (exact) mass is 368 g/mol. The molecule has 1 aromatic carbocycles. The van der Waals surface area contributed by atoms with E-state index in [1.54, 1.807) is 13.3 Å².